The summed E-state index contributed by atoms with van der Waals surface area (Å²) < 4.78 is 11.0. The Bertz CT molecular complexity index is 589. The first-order valence-corrected chi connectivity index (χ1v) is 7.06. The molecule has 1 unspecified atom stereocenters. The molecule has 1 atom stereocenters. The quantitative estimate of drug-likeness (QED) is 0.838. The minimum absolute atomic E-state index is 0.142. The number of hydrogen-bond donors (Lipinski definition) is 0. The Balaban J connectivity index is 1.89. The molecular formula is C18H20O2. The van der Waals surface area contributed by atoms with E-state index in [4.69, 9.17) is 9.47 Å². The van der Waals surface area contributed by atoms with Crippen LogP contribution in [-0.2, 0) is 11.8 Å². The molecule has 0 saturated heterocycles. The predicted octanol–water partition coefficient (Wildman–Crippen LogP) is 3.98. The summed E-state index contributed by atoms with van der Waals surface area (Å²) in [6, 6.07) is 16.8. The van der Waals surface area contributed by atoms with Gasteiger partial charge in [0.25, 0.3) is 0 Å². The van der Waals surface area contributed by atoms with Crippen molar-refractivity contribution < 1.29 is 9.47 Å². The Kier molecular flexibility index (Phi) is 3.39. The molecule has 1 heterocycles. The maximum atomic E-state index is 5.77. The maximum Gasteiger partial charge on any atom is 0.123 e. The zero-order chi connectivity index (χ0) is 14.0. The van der Waals surface area contributed by atoms with Crippen LogP contribution in [-0.4, -0.2) is 13.7 Å². The molecule has 0 aliphatic carbocycles. The van der Waals surface area contributed by atoms with Gasteiger partial charge in [-0.05, 0) is 36.6 Å². The molecule has 0 radical (unpaired) electrons. The van der Waals surface area contributed by atoms with Crippen LogP contribution in [0.25, 0.3) is 0 Å². The van der Waals surface area contributed by atoms with Crippen molar-refractivity contribution in [1.82, 2.24) is 0 Å². The van der Waals surface area contributed by atoms with E-state index in [1.54, 1.807) is 7.11 Å². The molecule has 1 aliphatic heterocycles. The summed E-state index contributed by atoms with van der Waals surface area (Å²) in [6.07, 6.45) is 2.08. The Morgan fingerprint density at radius 3 is 2.60 bits per heavy atom. The largest absolute Gasteiger partial charge is 0.497 e. The van der Waals surface area contributed by atoms with Gasteiger partial charge in [-0.3, -0.25) is 0 Å². The van der Waals surface area contributed by atoms with Gasteiger partial charge in [-0.25, -0.2) is 0 Å². The van der Waals surface area contributed by atoms with Gasteiger partial charge in [-0.15, -0.1) is 0 Å². The maximum absolute atomic E-state index is 5.77. The summed E-state index contributed by atoms with van der Waals surface area (Å²) in [6.45, 7) is 3.13. The molecule has 0 bridgehead atoms. The van der Waals surface area contributed by atoms with Crippen molar-refractivity contribution in [3.8, 4) is 11.5 Å². The summed E-state index contributed by atoms with van der Waals surface area (Å²) in [7, 11) is 1.70. The third-order valence-corrected chi connectivity index (χ3v) is 4.20. The van der Waals surface area contributed by atoms with E-state index >= 15 is 0 Å². The molecule has 2 aromatic carbocycles. The van der Waals surface area contributed by atoms with Crippen molar-refractivity contribution in [2.75, 3.05) is 13.7 Å². The van der Waals surface area contributed by atoms with Gasteiger partial charge in [0.05, 0.1) is 13.7 Å². The van der Waals surface area contributed by atoms with E-state index in [9.17, 15) is 0 Å². The third-order valence-electron chi connectivity index (χ3n) is 4.20. The normalized spacial score (nSPS) is 20.9. The summed E-state index contributed by atoms with van der Waals surface area (Å²) in [4.78, 5) is 0. The minimum atomic E-state index is 0.142. The second-order valence-corrected chi connectivity index (χ2v) is 5.68. The van der Waals surface area contributed by atoms with E-state index in [0.717, 1.165) is 30.9 Å². The molecule has 0 saturated carbocycles. The zero-order valence-electron chi connectivity index (χ0n) is 12.1. The van der Waals surface area contributed by atoms with E-state index in [2.05, 4.69) is 37.3 Å². The van der Waals surface area contributed by atoms with Crippen LogP contribution in [0.15, 0.2) is 48.5 Å². The zero-order valence-corrected chi connectivity index (χ0v) is 12.1. The van der Waals surface area contributed by atoms with E-state index in [1.165, 1.54) is 11.1 Å². The number of methoxy groups -OCH3 is 1. The fraction of sp³-hybridized carbons (Fsp3) is 0.333. The molecule has 0 N–H and O–H groups in total. The summed E-state index contributed by atoms with van der Waals surface area (Å²) in [5.74, 6) is 1.95. The Morgan fingerprint density at radius 2 is 1.85 bits per heavy atom. The highest BCUT2D eigenvalue weighted by molar-refractivity contribution is 5.42. The van der Waals surface area contributed by atoms with Gasteiger partial charge >= 0.3 is 0 Å². The van der Waals surface area contributed by atoms with Gasteiger partial charge in [0.1, 0.15) is 11.5 Å². The lowest BCUT2D eigenvalue weighted by Gasteiger charge is -2.36. The van der Waals surface area contributed by atoms with E-state index in [1.807, 2.05) is 18.2 Å². The minimum Gasteiger partial charge on any atom is -0.497 e. The average molecular weight is 268 g/mol. The van der Waals surface area contributed by atoms with Crippen LogP contribution in [0.4, 0.5) is 0 Å². The van der Waals surface area contributed by atoms with Crippen molar-refractivity contribution in [2.24, 2.45) is 0 Å². The molecule has 104 valence electrons. The number of rotatable bonds is 3. The number of fused-ring (bicyclic) bond motifs is 1. The number of benzene rings is 2. The van der Waals surface area contributed by atoms with Crippen molar-refractivity contribution >= 4 is 0 Å². The first kappa shape index (κ1) is 13.0. The second kappa shape index (κ2) is 5.20. The first-order valence-electron chi connectivity index (χ1n) is 7.06. The van der Waals surface area contributed by atoms with Gasteiger partial charge in [0, 0.05) is 11.0 Å². The Morgan fingerprint density at radius 1 is 1.10 bits per heavy atom. The van der Waals surface area contributed by atoms with Gasteiger partial charge in [-0.2, -0.15) is 0 Å². The fourth-order valence-corrected chi connectivity index (χ4v) is 2.99. The highest BCUT2D eigenvalue weighted by Crippen LogP contribution is 2.40. The molecule has 20 heavy (non-hydrogen) atoms. The van der Waals surface area contributed by atoms with Gasteiger partial charge in [0.15, 0.2) is 0 Å². The molecule has 0 amide bonds. The van der Waals surface area contributed by atoms with Crippen LogP contribution in [0, 0.1) is 0 Å². The summed E-state index contributed by atoms with van der Waals surface area (Å²) >= 11 is 0. The topological polar surface area (TPSA) is 18.5 Å². The Hall–Kier alpha value is -1.96. The van der Waals surface area contributed by atoms with E-state index in [-0.39, 0.29) is 5.41 Å². The fourth-order valence-electron chi connectivity index (χ4n) is 2.99. The van der Waals surface area contributed by atoms with Crippen molar-refractivity contribution in [1.29, 1.82) is 0 Å². The monoisotopic (exact) mass is 268 g/mol. The molecular weight excluding hydrogens is 248 g/mol. The van der Waals surface area contributed by atoms with E-state index < -0.39 is 0 Å². The van der Waals surface area contributed by atoms with E-state index in [0.29, 0.717) is 0 Å². The predicted molar refractivity (Wildman–Crippen MR) is 80.6 cm³/mol. The number of para-hydroxylation sites is 1. The van der Waals surface area contributed by atoms with Crippen LogP contribution in [0.1, 0.15) is 24.5 Å². The van der Waals surface area contributed by atoms with Crippen LogP contribution < -0.4 is 9.47 Å². The van der Waals surface area contributed by atoms with Crippen LogP contribution in [0.5, 0.6) is 11.5 Å². The standard InChI is InChI=1S/C18H20O2/c1-18(13-14-7-9-15(19-2)10-8-14)11-12-20-17-6-4-3-5-16(17)18/h3-10H,11-13H2,1-2H3. The Labute approximate surface area is 120 Å². The highest BCUT2D eigenvalue weighted by Gasteiger charge is 2.33. The van der Waals surface area contributed by atoms with Gasteiger partial charge < -0.3 is 9.47 Å². The second-order valence-electron chi connectivity index (χ2n) is 5.68. The highest BCUT2D eigenvalue weighted by atomic mass is 16.5. The third kappa shape index (κ3) is 2.38. The molecule has 0 spiro atoms. The first-order chi connectivity index (χ1) is 9.71. The SMILES string of the molecule is COc1ccc(CC2(C)CCOc3ccccc32)cc1. The lowest BCUT2D eigenvalue weighted by Crippen LogP contribution is -2.32. The van der Waals surface area contributed by atoms with Gasteiger partial charge in [-0.1, -0.05) is 37.3 Å². The smallest absolute Gasteiger partial charge is 0.123 e. The van der Waals surface area contributed by atoms with Crippen LogP contribution >= 0.6 is 0 Å². The molecule has 2 heteroatoms. The van der Waals surface area contributed by atoms with Crippen molar-refractivity contribution in [3.05, 3.63) is 59.7 Å². The molecule has 2 nitrogen and oxygen atoms in total. The molecule has 2 aromatic rings. The van der Waals surface area contributed by atoms with Crippen molar-refractivity contribution in [2.45, 2.75) is 25.2 Å². The summed E-state index contributed by atoms with van der Waals surface area (Å²) in [5, 5.41) is 0. The lowest BCUT2D eigenvalue weighted by molar-refractivity contribution is 0.223. The van der Waals surface area contributed by atoms with Crippen LogP contribution in [0.2, 0.25) is 0 Å². The lowest BCUT2D eigenvalue weighted by atomic mass is 9.73. The van der Waals surface area contributed by atoms with Crippen LogP contribution in [0.3, 0.4) is 0 Å². The van der Waals surface area contributed by atoms with Gasteiger partial charge in [0.2, 0.25) is 0 Å². The molecule has 1 aliphatic rings. The summed E-state index contributed by atoms with van der Waals surface area (Å²) in [5.41, 5.74) is 2.80. The number of hydrogen-bond acceptors (Lipinski definition) is 2. The van der Waals surface area contributed by atoms with Crippen molar-refractivity contribution in [3.63, 3.8) is 0 Å². The molecule has 3 rings (SSSR count). The average Bonchev–Trinajstić information content (AvgIpc) is 2.48. The molecule has 0 fully saturated rings. The molecule has 0 aromatic heterocycles. The number of ether oxygens (including phenoxy) is 2.